The number of amides is 2. The van der Waals surface area contributed by atoms with Gasteiger partial charge >= 0.3 is 0 Å². The molecule has 2 aliphatic heterocycles. The molecule has 0 bridgehead atoms. The zero-order chi connectivity index (χ0) is 18.2. The number of hydrogen-bond donors (Lipinski definition) is 1. The average Bonchev–Trinajstić information content (AvgIpc) is 3.18. The van der Waals surface area contributed by atoms with Gasteiger partial charge in [-0.05, 0) is 33.6 Å². The lowest BCUT2D eigenvalue weighted by Crippen LogP contribution is -2.54. The first-order valence-electron chi connectivity index (χ1n) is 8.81. The number of carbonyl (C=O) groups excluding carboxylic acids is 2. The topological polar surface area (TPSA) is 89.4 Å². The number of nitrogens with one attached hydrogen (secondary N) is 1. The van der Waals surface area contributed by atoms with Crippen molar-refractivity contribution in [2.45, 2.75) is 70.2 Å². The van der Waals surface area contributed by atoms with Gasteiger partial charge in [0, 0.05) is 26.2 Å². The van der Waals surface area contributed by atoms with Gasteiger partial charge in [0.15, 0.2) is 0 Å². The molecule has 2 atom stereocenters. The second kappa shape index (κ2) is 6.40. The van der Waals surface area contributed by atoms with Crippen LogP contribution in [0, 0.1) is 6.92 Å². The van der Waals surface area contributed by atoms with Crippen molar-refractivity contribution >= 4 is 11.8 Å². The minimum Gasteiger partial charge on any atom is -0.369 e. The summed E-state index contributed by atoms with van der Waals surface area (Å²) in [6.07, 6.45) is 4.27. The maximum absolute atomic E-state index is 13.0. The van der Waals surface area contributed by atoms with Gasteiger partial charge < -0.3 is 15.0 Å². The lowest BCUT2D eigenvalue weighted by atomic mass is 9.82. The smallest absolute Gasteiger partial charge is 0.244 e. The molecule has 0 saturated carbocycles. The third-order valence-electron chi connectivity index (χ3n) is 5.22. The normalized spacial score (nSPS) is 27.8. The molecule has 0 aliphatic carbocycles. The molecular weight excluding hydrogens is 322 g/mol. The van der Waals surface area contributed by atoms with E-state index in [0.29, 0.717) is 6.54 Å². The third-order valence-corrected chi connectivity index (χ3v) is 5.22. The number of aromatic nitrogens is 3. The largest absolute Gasteiger partial charge is 0.369 e. The van der Waals surface area contributed by atoms with Crippen molar-refractivity contribution in [1.82, 2.24) is 25.2 Å². The minimum absolute atomic E-state index is 0.00519. The van der Waals surface area contributed by atoms with Crippen molar-refractivity contribution in [3.63, 3.8) is 0 Å². The number of ether oxygens (including phenoxy) is 1. The Labute approximate surface area is 147 Å². The zero-order valence-electron chi connectivity index (χ0n) is 15.4. The van der Waals surface area contributed by atoms with E-state index in [0.717, 1.165) is 25.0 Å². The zero-order valence-corrected chi connectivity index (χ0v) is 15.4. The van der Waals surface area contributed by atoms with Gasteiger partial charge in [-0.1, -0.05) is 5.21 Å². The molecule has 138 valence electrons. The molecule has 25 heavy (non-hydrogen) atoms. The van der Waals surface area contributed by atoms with Gasteiger partial charge in [0.25, 0.3) is 0 Å². The Morgan fingerprint density at radius 3 is 2.84 bits per heavy atom. The Morgan fingerprint density at radius 2 is 2.20 bits per heavy atom. The van der Waals surface area contributed by atoms with E-state index in [-0.39, 0.29) is 36.5 Å². The molecule has 1 N–H and O–H groups in total. The number of aryl methyl sites for hydroxylation is 1. The Bertz CT molecular complexity index is 671. The van der Waals surface area contributed by atoms with Crippen LogP contribution in [0.2, 0.25) is 0 Å². The average molecular weight is 349 g/mol. The maximum Gasteiger partial charge on any atom is 0.244 e. The van der Waals surface area contributed by atoms with Crippen molar-refractivity contribution in [1.29, 1.82) is 0 Å². The third kappa shape index (κ3) is 3.40. The van der Waals surface area contributed by atoms with Crippen LogP contribution in [0.4, 0.5) is 0 Å². The van der Waals surface area contributed by atoms with Crippen molar-refractivity contribution < 1.29 is 14.3 Å². The molecule has 2 amide bonds. The van der Waals surface area contributed by atoms with E-state index in [2.05, 4.69) is 15.6 Å². The highest BCUT2D eigenvalue weighted by molar-refractivity contribution is 5.79. The first-order chi connectivity index (χ1) is 11.8. The first kappa shape index (κ1) is 17.8. The second-order valence-electron chi connectivity index (χ2n) is 7.73. The predicted octanol–water partition coefficient (Wildman–Crippen LogP) is 0.651. The molecule has 3 rings (SSSR count). The molecular formula is C17H27N5O3. The molecule has 8 nitrogen and oxygen atoms in total. The van der Waals surface area contributed by atoms with Gasteiger partial charge in [-0.25, -0.2) is 4.68 Å². The Morgan fingerprint density at radius 1 is 1.44 bits per heavy atom. The quantitative estimate of drug-likeness (QED) is 0.862. The minimum atomic E-state index is -0.414. The van der Waals surface area contributed by atoms with Gasteiger partial charge in [-0.2, -0.15) is 0 Å². The van der Waals surface area contributed by atoms with Crippen LogP contribution < -0.4 is 5.32 Å². The van der Waals surface area contributed by atoms with Crippen LogP contribution in [-0.2, 0) is 20.9 Å². The van der Waals surface area contributed by atoms with E-state index < -0.39 is 5.54 Å². The molecule has 2 aliphatic rings. The lowest BCUT2D eigenvalue weighted by molar-refractivity contribution is -0.141. The molecule has 8 heteroatoms. The standard InChI is InChI=1S/C17H27N5O3/c1-12-9-21(20-19-12)10-15(24)22-7-5-6-17(22)11-16(2,3)25-13(17)8-14(23)18-4/h9,13H,5-8,10-11H2,1-4H3,(H,18,23)/t13-,17+/m0/s1. The van der Waals surface area contributed by atoms with Crippen molar-refractivity contribution in [2.24, 2.45) is 0 Å². The molecule has 1 aromatic heterocycles. The molecule has 1 aromatic rings. The fourth-order valence-electron chi connectivity index (χ4n) is 4.38. The second-order valence-corrected chi connectivity index (χ2v) is 7.73. The summed E-state index contributed by atoms with van der Waals surface area (Å²) in [5, 5.41) is 10.6. The lowest BCUT2D eigenvalue weighted by Gasteiger charge is -2.38. The summed E-state index contributed by atoms with van der Waals surface area (Å²) in [5.74, 6) is -0.0566. The van der Waals surface area contributed by atoms with Crippen molar-refractivity contribution in [3.05, 3.63) is 11.9 Å². The molecule has 2 fully saturated rings. The molecule has 0 aromatic carbocycles. The number of nitrogens with zero attached hydrogens (tertiary/aromatic N) is 4. The van der Waals surface area contributed by atoms with Crippen LogP contribution in [0.25, 0.3) is 0 Å². The summed E-state index contributed by atoms with van der Waals surface area (Å²) in [5.41, 5.74) is 0.0143. The first-order valence-corrected chi connectivity index (χ1v) is 8.81. The molecule has 2 saturated heterocycles. The van der Waals surface area contributed by atoms with E-state index in [1.807, 2.05) is 25.7 Å². The van der Waals surface area contributed by atoms with Crippen LogP contribution in [0.15, 0.2) is 6.20 Å². The molecule has 1 spiro atoms. The highest BCUT2D eigenvalue weighted by Gasteiger charge is 2.58. The van der Waals surface area contributed by atoms with Crippen LogP contribution in [-0.4, -0.2) is 62.5 Å². The summed E-state index contributed by atoms with van der Waals surface area (Å²) in [6.45, 7) is 6.75. The van der Waals surface area contributed by atoms with E-state index in [1.54, 1.807) is 17.9 Å². The number of hydrogen-bond acceptors (Lipinski definition) is 5. The summed E-state index contributed by atoms with van der Waals surface area (Å²) < 4.78 is 7.77. The van der Waals surface area contributed by atoms with E-state index >= 15 is 0 Å². The molecule has 3 heterocycles. The molecule has 0 radical (unpaired) electrons. The number of rotatable bonds is 4. The van der Waals surface area contributed by atoms with Crippen LogP contribution in [0.5, 0.6) is 0 Å². The van der Waals surface area contributed by atoms with Crippen LogP contribution in [0.1, 0.15) is 45.2 Å². The van der Waals surface area contributed by atoms with Crippen molar-refractivity contribution in [2.75, 3.05) is 13.6 Å². The monoisotopic (exact) mass is 349 g/mol. The fourth-order valence-corrected chi connectivity index (χ4v) is 4.38. The molecule has 0 unspecified atom stereocenters. The summed E-state index contributed by atoms with van der Waals surface area (Å²) in [6, 6.07) is 0. The SMILES string of the molecule is CNC(=O)C[C@@H]1OC(C)(C)C[C@]12CCCN2C(=O)Cn1cc(C)nn1. The van der Waals surface area contributed by atoms with E-state index in [4.69, 9.17) is 4.74 Å². The summed E-state index contributed by atoms with van der Waals surface area (Å²) >= 11 is 0. The van der Waals surface area contributed by atoms with E-state index in [1.165, 1.54) is 0 Å². The number of carbonyl (C=O) groups is 2. The van der Waals surface area contributed by atoms with Gasteiger partial charge in [-0.15, -0.1) is 5.10 Å². The Balaban J connectivity index is 1.83. The van der Waals surface area contributed by atoms with Gasteiger partial charge in [0.2, 0.25) is 11.8 Å². The number of likely N-dealkylation sites (tertiary alicyclic amines) is 1. The maximum atomic E-state index is 13.0. The summed E-state index contributed by atoms with van der Waals surface area (Å²) in [7, 11) is 1.62. The van der Waals surface area contributed by atoms with Crippen molar-refractivity contribution in [3.8, 4) is 0 Å². The van der Waals surface area contributed by atoms with Crippen LogP contribution in [0.3, 0.4) is 0 Å². The highest BCUT2D eigenvalue weighted by atomic mass is 16.5. The Hall–Kier alpha value is -1.96. The van der Waals surface area contributed by atoms with Crippen LogP contribution >= 0.6 is 0 Å². The van der Waals surface area contributed by atoms with E-state index in [9.17, 15) is 9.59 Å². The fraction of sp³-hybridized carbons (Fsp3) is 0.765. The van der Waals surface area contributed by atoms with Gasteiger partial charge in [0.05, 0.1) is 29.4 Å². The highest BCUT2D eigenvalue weighted by Crippen LogP contribution is 2.48. The van der Waals surface area contributed by atoms with Gasteiger partial charge in [0.1, 0.15) is 6.54 Å². The Kier molecular flexibility index (Phi) is 4.57. The summed E-state index contributed by atoms with van der Waals surface area (Å²) in [4.78, 5) is 26.9. The van der Waals surface area contributed by atoms with Gasteiger partial charge in [-0.3, -0.25) is 9.59 Å². The predicted molar refractivity (Wildman–Crippen MR) is 90.7 cm³/mol.